The van der Waals surface area contributed by atoms with Gasteiger partial charge in [-0.05, 0) is 0 Å². The van der Waals surface area contributed by atoms with Crippen LogP contribution in [0.4, 0.5) is 0 Å². The third-order valence-corrected chi connectivity index (χ3v) is 2.81. The van der Waals surface area contributed by atoms with Gasteiger partial charge in [0.25, 0.3) is 0 Å². The molecule has 1 aromatic carbocycles. The van der Waals surface area contributed by atoms with Crippen LogP contribution in [0.2, 0.25) is 0 Å². The van der Waals surface area contributed by atoms with Crippen LogP contribution < -0.4 is 28.2 Å². The van der Waals surface area contributed by atoms with Gasteiger partial charge in [0.15, 0.2) is 0 Å². The van der Waals surface area contributed by atoms with Crippen LogP contribution in [0.15, 0.2) is 0 Å². The van der Waals surface area contributed by atoms with Crippen molar-refractivity contribution in [3.8, 4) is 18.2 Å². The molecule has 0 amide bonds. The summed E-state index contributed by atoms with van der Waals surface area (Å²) in [5.41, 5.74) is 7.34. The molecule has 158 valence electrons. The van der Waals surface area contributed by atoms with Crippen LogP contribution in [0.3, 0.4) is 0 Å². The monoisotopic (exact) mass is 552 g/mol. The average molecular weight is 553 g/mol. The molecule has 1 rings (SSSR count). The molecule has 0 saturated carbocycles. The number of nitriles is 3. The maximum absolute atomic E-state index is 7.32. The van der Waals surface area contributed by atoms with Crippen LogP contribution in [-0.2, 0) is 16.8 Å². The van der Waals surface area contributed by atoms with E-state index in [1.54, 1.807) is 18.2 Å². The number of nitrogens with zero attached hydrogens (tertiary/aromatic N) is 3. The second-order valence-corrected chi connectivity index (χ2v) is 3.80. The quantitative estimate of drug-likeness (QED) is 0.182. The third-order valence-electron chi connectivity index (χ3n) is 2.81. The normalized spacial score (nSPS) is 4.78. The summed E-state index contributed by atoms with van der Waals surface area (Å²) in [6.07, 6.45) is 0. The molecule has 0 bridgehead atoms. The molecular formula is C16H24CoF6N3Sb+. The summed E-state index contributed by atoms with van der Waals surface area (Å²) in [6, 6.07) is 5.25. The predicted molar refractivity (Wildman–Crippen MR) is 85.3 cm³/mol. The molecule has 3 nitrogen and oxygen atoms in total. The van der Waals surface area contributed by atoms with Crippen LogP contribution in [0.5, 0.6) is 0 Å². The second kappa shape index (κ2) is 49.8. The molecule has 0 aromatic heterocycles. The zero-order valence-electron chi connectivity index (χ0n) is 16.4. The largest absolute Gasteiger partial charge is 5.00 e. The summed E-state index contributed by atoms with van der Waals surface area (Å²) in [4.78, 5) is 0. The Morgan fingerprint density at radius 1 is 0.593 bits per heavy atom. The van der Waals surface area contributed by atoms with Crippen LogP contribution in [0, 0.1) is 68.6 Å². The van der Waals surface area contributed by atoms with Gasteiger partial charge < -0.3 is 28.2 Å². The Bertz CT molecular complexity index is 397. The fourth-order valence-electron chi connectivity index (χ4n) is 1.41. The van der Waals surface area contributed by atoms with Crippen LogP contribution in [0.1, 0.15) is 48.6 Å². The Labute approximate surface area is 186 Å². The minimum Gasteiger partial charge on any atom is -1.00 e. The maximum atomic E-state index is 7.32. The zero-order valence-corrected chi connectivity index (χ0v) is 20.0. The molecule has 0 unspecified atom stereocenters. The van der Waals surface area contributed by atoms with Crippen molar-refractivity contribution < 1.29 is 45.0 Å². The minimum absolute atomic E-state index is 0. The molecule has 0 heterocycles. The molecular weight excluding hydrogens is 529 g/mol. The van der Waals surface area contributed by atoms with Gasteiger partial charge in [0, 0.05) is 20.8 Å². The third kappa shape index (κ3) is 36.4. The molecule has 0 aliphatic rings. The van der Waals surface area contributed by atoms with Crippen LogP contribution >= 0.6 is 0 Å². The first-order valence-electron chi connectivity index (χ1n) is 5.92. The Balaban J connectivity index is -0.0000000149. The van der Waals surface area contributed by atoms with Crippen LogP contribution in [-0.4, -0.2) is 24.4 Å². The Hall–Kier alpha value is -1.28. The van der Waals surface area contributed by atoms with Crippen molar-refractivity contribution in [1.82, 2.24) is 0 Å². The maximum Gasteiger partial charge on any atom is 5.00 e. The average Bonchev–Trinajstić information content (AvgIpc) is 2.51. The van der Waals surface area contributed by atoms with Crippen molar-refractivity contribution in [2.75, 3.05) is 0 Å². The molecule has 0 spiro atoms. The van der Waals surface area contributed by atoms with E-state index in [4.69, 9.17) is 15.8 Å². The number of halogens is 6. The zero-order chi connectivity index (χ0) is 16.0. The van der Waals surface area contributed by atoms with E-state index in [-0.39, 0.29) is 69.4 Å². The first kappa shape index (κ1) is 72.5. The summed E-state index contributed by atoms with van der Waals surface area (Å²) in [6.45, 7) is 15.3. The smallest absolute Gasteiger partial charge is 1.00 e. The van der Waals surface area contributed by atoms with Gasteiger partial charge in [-0.1, -0.05) is 34.6 Å². The summed E-state index contributed by atoms with van der Waals surface area (Å²) in [5, 5.41) is 22.0. The summed E-state index contributed by atoms with van der Waals surface area (Å²) >= 11 is 0. The van der Waals surface area contributed by atoms with Gasteiger partial charge in [-0.25, -0.2) is 0 Å². The van der Waals surface area contributed by atoms with E-state index < -0.39 is 0 Å². The van der Waals surface area contributed by atoms with E-state index >= 15 is 0 Å². The van der Waals surface area contributed by atoms with E-state index in [0.717, 1.165) is 0 Å². The molecule has 27 heavy (non-hydrogen) atoms. The fraction of sp³-hybridized carbons (Fsp3) is 0.500. The fourth-order valence-corrected chi connectivity index (χ4v) is 1.41. The number of hydrogen-bond acceptors (Lipinski definition) is 3. The standard InChI is InChI=1S/C10H15.3C2H3N.Co.6FH.Sb/c1-6-7(2)9(4)10(5)8(6)3;3*1-2-3;;;;;;;;/h1-5H3;3*1H3;;6*1H;/q-1;;;;+3;;;;;;;+5/p-6. The van der Waals surface area contributed by atoms with Gasteiger partial charge >= 0.3 is 41.2 Å². The van der Waals surface area contributed by atoms with Gasteiger partial charge in [-0.3, -0.25) is 0 Å². The molecule has 11 heteroatoms. The van der Waals surface area contributed by atoms with E-state index in [9.17, 15) is 0 Å². The molecule has 0 aliphatic carbocycles. The van der Waals surface area contributed by atoms with Gasteiger partial charge in [-0.2, -0.15) is 43.6 Å². The van der Waals surface area contributed by atoms with Crippen molar-refractivity contribution in [2.45, 2.75) is 55.4 Å². The Morgan fingerprint density at radius 2 is 0.704 bits per heavy atom. The van der Waals surface area contributed by atoms with Crippen molar-refractivity contribution in [1.29, 1.82) is 15.8 Å². The number of rotatable bonds is 0. The van der Waals surface area contributed by atoms with Gasteiger partial charge in [-0.15, -0.1) is 0 Å². The van der Waals surface area contributed by atoms with Crippen molar-refractivity contribution in [2.24, 2.45) is 0 Å². The van der Waals surface area contributed by atoms with Crippen molar-refractivity contribution in [3.05, 3.63) is 27.8 Å². The summed E-state index contributed by atoms with van der Waals surface area (Å²) in [5.74, 6) is 0. The van der Waals surface area contributed by atoms with Gasteiger partial charge in [0.2, 0.25) is 0 Å². The molecule has 0 atom stereocenters. The molecule has 1 aromatic rings. The number of hydrogen-bond donors (Lipinski definition) is 0. The van der Waals surface area contributed by atoms with Crippen molar-refractivity contribution in [3.63, 3.8) is 0 Å². The van der Waals surface area contributed by atoms with Gasteiger partial charge in [0.05, 0.1) is 18.2 Å². The Kier molecular flexibility index (Phi) is 134. The SMILES string of the molecule is CC#N.CC#N.CC#N.Cc1c(C)c(C)[c-](C)c1C.[Co+3].[F-].[F-].[F-].[F-].[F-].[F-].[Sb+5]. The summed E-state index contributed by atoms with van der Waals surface area (Å²) < 4.78 is 0. The molecule has 0 radical (unpaired) electrons. The first-order valence-corrected chi connectivity index (χ1v) is 5.92. The Morgan fingerprint density at radius 3 is 0.741 bits per heavy atom. The van der Waals surface area contributed by atoms with E-state index in [1.807, 2.05) is 0 Å². The van der Waals surface area contributed by atoms with E-state index in [1.165, 1.54) is 48.6 Å². The summed E-state index contributed by atoms with van der Waals surface area (Å²) in [7, 11) is 0. The van der Waals surface area contributed by atoms with E-state index in [2.05, 4.69) is 34.6 Å². The van der Waals surface area contributed by atoms with Gasteiger partial charge in [0.1, 0.15) is 0 Å². The molecule has 0 fully saturated rings. The second-order valence-electron chi connectivity index (χ2n) is 3.80. The first-order chi connectivity index (χ1) is 8.80. The van der Waals surface area contributed by atoms with E-state index in [0.29, 0.717) is 0 Å². The minimum atomic E-state index is 0. The molecule has 0 saturated heterocycles. The molecule has 0 N–H and O–H groups in total. The van der Waals surface area contributed by atoms with Crippen LogP contribution in [0.25, 0.3) is 0 Å². The topological polar surface area (TPSA) is 71.4 Å². The molecule has 0 aliphatic heterocycles. The van der Waals surface area contributed by atoms with Crippen molar-refractivity contribution >= 4 is 24.4 Å². The predicted octanol–water partition coefficient (Wildman–Crippen LogP) is -13.8.